The fourth-order valence-corrected chi connectivity index (χ4v) is 0.453. The molecular formula is C5H12N2O. The standard InChI is InChI=1S/C5H12N2O/c1-4(8)2-5(7)3-6/h5H,2-3,6-7H2,1H3. The van der Waals surface area contributed by atoms with Crippen molar-refractivity contribution in [2.45, 2.75) is 19.4 Å². The van der Waals surface area contributed by atoms with E-state index in [0.717, 1.165) is 0 Å². The van der Waals surface area contributed by atoms with E-state index in [1.807, 2.05) is 0 Å². The number of ketones is 1. The maximum Gasteiger partial charge on any atom is 0.131 e. The number of nitrogens with two attached hydrogens (primary N) is 2. The van der Waals surface area contributed by atoms with Crippen LogP contribution in [0, 0.1) is 0 Å². The van der Waals surface area contributed by atoms with Crippen LogP contribution in [0.3, 0.4) is 0 Å². The lowest BCUT2D eigenvalue weighted by atomic mass is 10.2. The van der Waals surface area contributed by atoms with E-state index >= 15 is 0 Å². The first-order valence-corrected chi connectivity index (χ1v) is 2.62. The molecule has 0 saturated heterocycles. The Morgan fingerprint density at radius 1 is 1.75 bits per heavy atom. The molecule has 0 bridgehead atoms. The van der Waals surface area contributed by atoms with E-state index in [1.54, 1.807) is 0 Å². The minimum absolute atomic E-state index is 0.1000. The average Bonchev–Trinajstić information content (AvgIpc) is 1.65. The van der Waals surface area contributed by atoms with Crippen LogP contribution in [0.25, 0.3) is 0 Å². The zero-order valence-electron chi connectivity index (χ0n) is 5.05. The van der Waals surface area contributed by atoms with Crippen LogP contribution in [0.2, 0.25) is 0 Å². The molecular weight excluding hydrogens is 104 g/mol. The molecule has 0 amide bonds. The third-order valence-corrected chi connectivity index (χ3v) is 0.852. The van der Waals surface area contributed by atoms with Gasteiger partial charge in [0.05, 0.1) is 0 Å². The first-order chi connectivity index (χ1) is 3.66. The highest BCUT2D eigenvalue weighted by Crippen LogP contribution is 1.84. The molecule has 48 valence electrons. The van der Waals surface area contributed by atoms with Crippen LogP contribution in [0.15, 0.2) is 0 Å². The summed E-state index contributed by atoms with van der Waals surface area (Å²) in [6.45, 7) is 1.90. The summed E-state index contributed by atoms with van der Waals surface area (Å²) in [6.07, 6.45) is 0.399. The Morgan fingerprint density at radius 2 is 2.25 bits per heavy atom. The second-order valence-electron chi connectivity index (χ2n) is 1.90. The fraction of sp³-hybridized carbons (Fsp3) is 0.800. The lowest BCUT2D eigenvalue weighted by molar-refractivity contribution is -0.117. The number of carbonyl (C=O) groups is 1. The van der Waals surface area contributed by atoms with Gasteiger partial charge in [-0.15, -0.1) is 0 Å². The van der Waals surface area contributed by atoms with Gasteiger partial charge in [0.15, 0.2) is 0 Å². The average molecular weight is 116 g/mol. The van der Waals surface area contributed by atoms with Crippen LogP contribution in [-0.4, -0.2) is 18.4 Å². The van der Waals surface area contributed by atoms with Crippen molar-refractivity contribution in [1.29, 1.82) is 0 Å². The number of hydrogen-bond acceptors (Lipinski definition) is 3. The largest absolute Gasteiger partial charge is 0.329 e. The number of Topliss-reactive ketones (excluding diaryl/α,β-unsaturated/α-hetero) is 1. The van der Waals surface area contributed by atoms with Crippen molar-refractivity contribution >= 4 is 5.78 Å². The fourth-order valence-electron chi connectivity index (χ4n) is 0.453. The van der Waals surface area contributed by atoms with Crippen LogP contribution < -0.4 is 11.5 Å². The summed E-state index contributed by atoms with van der Waals surface area (Å²) in [6, 6.07) is -0.146. The van der Waals surface area contributed by atoms with Crippen LogP contribution in [0.5, 0.6) is 0 Å². The molecule has 0 rings (SSSR count). The first kappa shape index (κ1) is 7.59. The third-order valence-electron chi connectivity index (χ3n) is 0.852. The minimum Gasteiger partial charge on any atom is -0.329 e. The summed E-state index contributed by atoms with van der Waals surface area (Å²) < 4.78 is 0. The second kappa shape index (κ2) is 3.57. The van der Waals surface area contributed by atoms with Gasteiger partial charge in [0.2, 0.25) is 0 Å². The predicted molar refractivity (Wildman–Crippen MR) is 32.3 cm³/mol. The summed E-state index contributed by atoms with van der Waals surface area (Å²) >= 11 is 0. The molecule has 3 nitrogen and oxygen atoms in total. The number of hydrogen-bond donors (Lipinski definition) is 2. The molecule has 0 radical (unpaired) electrons. The SMILES string of the molecule is CC(=O)CC(N)CN. The van der Waals surface area contributed by atoms with Crippen LogP contribution in [-0.2, 0) is 4.79 Å². The van der Waals surface area contributed by atoms with Crippen molar-refractivity contribution in [1.82, 2.24) is 0 Å². The maximum atomic E-state index is 10.3. The Kier molecular flexibility index (Phi) is 3.39. The zero-order valence-corrected chi connectivity index (χ0v) is 5.05. The Labute approximate surface area is 49.0 Å². The Bertz CT molecular complexity index is 82.5. The normalized spacial score (nSPS) is 13.4. The summed E-state index contributed by atoms with van der Waals surface area (Å²) in [5.41, 5.74) is 10.5. The Balaban J connectivity index is 3.24. The van der Waals surface area contributed by atoms with Crippen LogP contribution in [0.4, 0.5) is 0 Å². The minimum atomic E-state index is -0.146. The van der Waals surface area contributed by atoms with Gasteiger partial charge in [-0.1, -0.05) is 0 Å². The van der Waals surface area contributed by atoms with E-state index in [1.165, 1.54) is 6.92 Å². The molecule has 0 aliphatic carbocycles. The molecule has 0 aromatic carbocycles. The van der Waals surface area contributed by atoms with E-state index in [9.17, 15) is 4.79 Å². The Morgan fingerprint density at radius 3 is 2.38 bits per heavy atom. The van der Waals surface area contributed by atoms with Gasteiger partial charge >= 0.3 is 0 Å². The topological polar surface area (TPSA) is 69.1 Å². The zero-order chi connectivity index (χ0) is 6.57. The predicted octanol–water partition coefficient (Wildman–Crippen LogP) is -0.748. The summed E-state index contributed by atoms with van der Waals surface area (Å²) in [5.74, 6) is 0.1000. The molecule has 8 heavy (non-hydrogen) atoms. The van der Waals surface area contributed by atoms with E-state index in [4.69, 9.17) is 11.5 Å². The molecule has 1 atom stereocenters. The highest BCUT2D eigenvalue weighted by Gasteiger charge is 2.00. The maximum absolute atomic E-state index is 10.3. The lowest BCUT2D eigenvalue weighted by Crippen LogP contribution is -2.31. The monoisotopic (exact) mass is 116 g/mol. The molecule has 0 fully saturated rings. The van der Waals surface area contributed by atoms with Gasteiger partial charge < -0.3 is 11.5 Å². The van der Waals surface area contributed by atoms with Gasteiger partial charge in [0, 0.05) is 19.0 Å². The van der Waals surface area contributed by atoms with Gasteiger partial charge in [-0.3, -0.25) is 4.79 Å². The van der Waals surface area contributed by atoms with Gasteiger partial charge in [0.25, 0.3) is 0 Å². The molecule has 0 aromatic rings. The van der Waals surface area contributed by atoms with Crippen molar-refractivity contribution in [2.24, 2.45) is 11.5 Å². The second-order valence-corrected chi connectivity index (χ2v) is 1.90. The number of rotatable bonds is 3. The van der Waals surface area contributed by atoms with E-state index in [0.29, 0.717) is 13.0 Å². The van der Waals surface area contributed by atoms with Crippen molar-refractivity contribution in [3.05, 3.63) is 0 Å². The van der Waals surface area contributed by atoms with E-state index < -0.39 is 0 Å². The molecule has 0 aliphatic rings. The first-order valence-electron chi connectivity index (χ1n) is 2.62. The molecule has 0 saturated carbocycles. The van der Waals surface area contributed by atoms with Crippen molar-refractivity contribution < 1.29 is 4.79 Å². The van der Waals surface area contributed by atoms with Gasteiger partial charge in [-0.25, -0.2) is 0 Å². The quantitative estimate of drug-likeness (QED) is 0.510. The number of carbonyl (C=O) groups excluding carboxylic acids is 1. The highest BCUT2D eigenvalue weighted by molar-refractivity contribution is 5.76. The van der Waals surface area contributed by atoms with Crippen LogP contribution >= 0.6 is 0 Å². The summed E-state index contributed by atoms with van der Waals surface area (Å²) in [7, 11) is 0. The van der Waals surface area contributed by atoms with Gasteiger partial charge in [-0.05, 0) is 6.92 Å². The van der Waals surface area contributed by atoms with E-state index in [2.05, 4.69) is 0 Å². The smallest absolute Gasteiger partial charge is 0.131 e. The third kappa shape index (κ3) is 3.77. The molecule has 3 heteroatoms. The molecule has 0 aromatic heterocycles. The Hall–Kier alpha value is -0.410. The highest BCUT2D eigenvalue weighted by atomic mass is 16.1. The molecule has 1 unspecified atom stereocenters. The van der Waals surface area contributed by atoms with Gasteiger partial charge in [-0.2, -0.15) is 0 Å². The molecule has 0 spiro atoms. The van der Waals surface area contributed by atoms with E-state index in [-0.39, 0.29) is 11.8 Å². The summed E-state index contributed by atoms with van der Waals surface area (Å²) in [5, 5.41) is 0. The molecule has 0 heterocycles. The van der Waals surface area contributed by atoms with Crippen molar-refractivity contribution in [2.75, 3.05) is 6.54 Å². The molecule has 0 aliphatic heterocycles. The van der Waals surface area contributed by atoms with Crippen LogP contribution in [0.1, 0.15) is 13.3 Å². The van der Waals surface area contributed by atoms with Crippen molar-refractivity contribution in [3.8, 4) is 0 Å². The summed E-state index contributed by atoms with van der Waals surface area (Å²) in [4.78, 5) is 10.3. The lowest BCUT2D eigenvalue weighted by Gasteiger charge is -2.02. The van der Waals surface area contributed by atoms with Crippen molar-refractivity contribution in [3.63, 3.8) is 0 Å². The molecule has 4 N–H and O–H groups in total. The van der Waals surface area contributed by atoms with Gasteiger partial charge in [0.1, 0.15) is 5.78 Å².